The summed E-state index contributed by atoms with van der Waals surface area (Å²) >= 11 is 0. The van der Waals surface area contributed by atoms with Crippen molar-refractivity contribution in [2.45, 2.75) is 26.2 Å². The lowest BCUT2D eigenvalue weighted by atomic mass is 9.90. The number of halogens is 2. The first-order valence-electron chi connectivity index (χ1n) is 7.59. The smallest absolute Gasteiger partial charge is 0.159 e. The second-order valence-electron chi connectivity index (χ2n) is 5.90. The van der Waals surface area contributed by atoms with Crippen molar-refractivity contribution >= 4 is 5.82 Å². The summed E-state index contributed by atoms with van der Waals surface area (Å²) in [5.41, 5.74) is 1.84. The van der Waals surface area contributed by atoms with Crippen LogP contribution in [0.3, 0.4) is 0 Å². The minimum absolute atomic E-state index is 0.504. The summed E-state index contributed by atoms with van der Waals surface area (Å²) in [6, 6.07) is 6.20. The summed E-state index contributed by atoms with van der Waals surface area (Å²) in [7, 11) is 0. The molecule has 1 aromatic heterocycles. The molecular formula is C17H19F2N3. The maximum Gasteiger partial charge on any atom is 0.159 e. The van der Waals surface area contributed by atoms with Crippen molar-refractivity contribution in [3.05, 3.63) is 53.5 Å². The first kappa shape index (κ1) is 14.9. The van der Waals surface area contributed by atoms with Gasteiger partial charge in [-0.05, 0) is 49.8 Å². The minimum Gasteiger partial charge on any atom is -0.356 e. The SMILES string of the molecule is Cc1cc(N2CCC(Cc3ccc(F)c(F)c3)CC2)ncn1. The van der Waals surface area contributed by atoms with E-state index >= 15 is 0 Å². The fraction of sp³-hybridized carbons (Fsp3) is 0.412. The Morgan fingerprint density at radius 3 is 2.55 bits per heavy atom. The molecular weight excluding hydrogens is 284 g/mol. The number of rotatable bonds is 3. The molecule has 5 heteroatoms. The molecule has 1 fully saturated rings. The molecule has 3 rings (SSSR count). The normalized spacial score (nSPS) is 16.0. The second kappa shape index (κ2) is 6.38. The van der Waals surface area contributed by atoms with Crippen LogP contribution in [-0.2, 0) is 6.42 Å². The van der Waals surface area contributed by atoms with Crippen LogP contribution in [0.15, 0.2) is 30.6 Å². The maximum absolute atomic E-state index is 13.3. The van der Waals surface area contributed by atoms with Gasteiger partial charge in [0.15, 0.2) is 11.6 Å². The summed E-state index contributed by atoms with van der Waals surface area (Å²) in [4.78, 5) is 10.7. The number of piperidine rings is 1. The fourth-order valence-corrected chi connectivity index (χ4v) is 2.98. The molecule has 116 valence electrons. The van der Waals surface area contributed by atoms with Gasteiger partial charge in [-0.3, -0.25) is 0 Å². The molecule has 0 bridgehead atoms. The topological polar surface area (TPSA) is 29.0 Å². The van der Waals surface area contributed by atoms with Gasteiger partial charge in [-0.2, -0.15) is 0 Å². The second-order valence-corrected chi connectivity index (χ2v) is 5.90. The Labute approximate surface area is 129 Å². The summed E-state index contributed by atoms with van der Waals surface area (Å²) in [5, 5.41) is 0. The van der Waals surface area contributed by atoms with Crippen molar-refractivity contribution in [1.29, 1.82) is 0 Å². The number of benzene rings is 1. The number of hydrogen-bond acceptors (Lipinski definition) is 3. The van der Waals surface area contributed by atoms with Crippen LogP contribution in [0.25, 0.3) is 0 Å². The molecule has 0 unspecified atom stereocenters. The zero-order chi connectivity index (χ0) is 15.5. The zero-order valence-electron chi connectivity index (χ0n) is 12.6. The number of aromatic nitrogens is 2. The van der Waals surface area contributed by atoms with Crippen molar-refractivity contribution in [1.82, 2.24) is 9.97 Å². The quantitative estimate of drug-likeness (QED) is 0.868. The number of nitrogens with zero attached hydrogens (tertiary/aromatic N) is 3. The van der Waals surface area contributed by atoms with Crippen molar-refractivity contribution in [2.75, 3.05) is 18.0 Å². The van der Waals surface area contributed by atoms with Gasteiger partial charge in [0, 0.05) is 24.8 Å². The molecule has 1 saturated heterocycles. The van der Waals surface area contributed by atoms with Gasteiger partial charge in [-0.25, -0.2) is 18.7 Å². The zero-order valence-corrected chi connectivity index (χ0v) is 12.6. The van der Waals surface area contributed by atoms with Crippen LogP contribution >= 0.6 is 0 Å². The van der Waals surface area contributed by atoms with E-state index in [1.54, 1.807) is 12.4 Å². The highest BCUT2D eigenvalue weighted by Gasteiger charge is 2.21. The first-order valence-corrected chi connectivity index (χ1v) is 7.59. The molecule has 2 heterocycles. The van der Waals surface area contributed by atoms with Crippen molar-refractivity contribution in [3.63, 3.8) is 0 Å². The van der Waals surface area contributed by atoms with Crippen LogP contribution in [0.2, 0.25) is 0 Å². The van der Waals surface area contributed by atoms with Crippen LogP contribution in [0.1, 0.15) is 24.1 Å². The predicted molar refractivity (Wildman–Crippen MR) is 81.8 cm³/mol. The Hall–Kier alpha value is -2.04. The van der Waals surface area contributed by atoms with Gasteiger partial charge in [0.2, 0.25) is 0 Å². The van der Waals surface area contributed by atoms with Gasteiger partial charge in [-0.1, -0.05) is 6.07 Å². The van der Waals surface area contributed by atoms with Crippen LogP contribution in [0.5, 0.6) is 0 Å². The Morgan fingerprint density at radius 2 is 1.86 bits per heavy atom. The Kier molecular flexibility index (Phi) is 4.32. The molecule has 0 saturated carbocycles. The third-order valence-corrected chi connectivity index (χ3v) is 4.24. The van der Waals surface area contributed by atoms with Crippen LogP contribution in [0, 0.1) is 24.5 Å². The number of hydrogen-bond donors (Lipinski definition) is 0. The number of anilines is 1. The van der Waals surface area contributed by atoms with Gasteiger partial charge in [-0.15, -0.1) is 0 Å². The van der Waals surface area contributed by atoms with Gasteiger partial charge in [0.05, 0.1) is 0 Å². The lowest BCUT2D eigenvalue weighted by molar-refractivity contribution is 0.400. The standard InChI is InChI=1S/C17H19F2N3/c1-12-8-17(21-11-20-12)22-6-4-13(5-7-22)9-14-2-3-15(18)16(19)10-14/h2-3,8,10-11,13H,4-7,9H2,1H3. The molecule has 0 atom stereocenters. The lowest BCUT2D eigenvalue weighted by Crippen LogP contribution is -2.34. The van der Waals surface area contributed by atoms with Crippen LogP contribution in [-0.4, -0.2) is 23.1 Å². The highest BCUT2D eigenvalue weighted by atomic mass is 19.2. The van der Waals surface area contributed by atoms with E-state index in [2.05, 4.69) is 14.9 Å². The average Bonchev–Trinajstić information content (AvgIpc) is 2.52. The molecule has 2 aromatic rings. The Morgan fingerprint density at radius 1 is 1.09 bits per heavy atom. The van der Waals surface area contributed by atoms with E-state index in [1.165, 1.54) is 12.1 Å². The molecule has 0 radical (unpaired) electrons. The molecule has 1 aliphatic rings. The largest absolute Gasteiger partial charge is 0.356 e. The molecule has 0 spiro atoms. The van der Waals surface area contributed by atoms with E-state index in [9.17, 15) is 8.78 Å². The maximum atomic E-state index is 13.3. The van der Waals surface area contributed by atoms with E-state index in [1.807, 2.05) is 13.0 Å². The van der Waals surface area contributed by atoms with E-state index in [4.69, 9.17) is 0 Å². The van der Waals surface area contributed by atoms with Crippen molar-refractivity contribution in [3.8, 4) is 0 Å². The van der Waals surface area contributed by atoms with E-state index < -0.39 is 11.6 Å². The molecule has 1 aliphatic heterocycles. The molecule has 3 nitrogen and oxygen atoms in total. The third kappa shape index (κ3) is 3.40. The summed E-state index contributed by atoms with van der Waals surface area (Å²) < 4.78 is 26.2. The van der Waals surface area contributed by atoms with Crippen LogP contribution in [0.4, 0.5) is 14.6 Å². The Balaban J connectivity index is 1.58. The van der Waals surface area contributed by atoms with E-state index in [-0.39, 0.29) is 0 Å². The highest BCUT2D eigenvalue weighted by Crippen LogP contribution is 2.25. The van der Waals surface area contributed by atoms with Gasteiger partial charge in [0.25, 0.3) is 0 Å². The monoisotopic (exact) mass is 303 g/mol. The summed E-state index contributed by atoms with van der Waals surface area (Å²) in [6.45, 7) is 3.83. The van der Waals surface area contributed by atoms with E-state index in [0.717, 1.165) is 49.4 Å². The van der Waals surface area contributed by atoms with Gasteiger partial charge < -0.3 is 4.90 Å². The average molecular weight is 303 g/mol. The predicted octanol–water partition coefficient (Wildman–Crippen LogP) is 3.52. The molecule has 1 aromatic carbocycles. The fourth-order valence-electron chi connectivity index (χ4n) is 2.98. The molecule has 0 aliphatic carbocycles. The van der Waals surface area contributed by atoms with Crippen molar-refractivity contribution in [2.24, 2.45) is 5.92 Å². The van der Waals surface area contributed by atoms with Crippen LogP contribution < -0.4 is 4.90 Å². The lowest BCUT2D eigenvalue weighted by Gasteiger charge is -2.32. The summed E-state index contributed by atoms with van der Waals surface area (Å²) in [6.07, 6.45) is 4.45. The highest BCUT2D eigenvalue weighted by molar-refractivity contribution is 5.39. The first-order chi connectivity index (χ1) is 10.6. The minimum atomic E-state index is -0.780. The van der Waals surface area contributed by atoms with Gasteiger partial charge in [0.1, 0.15) is 12.1 Å². The van der Waals surface area contributed by atoms with Crippen molar-refractivity contribution < 1.29 is 8.78 Å². The third-order valence-electron chi connectivity index (χ3n) is 4.24. The summed E-state index contributed by atoms with van der Waals surface area (Å²) in [5.74, 6) is -0.0630. The van der Waals surface area contributed by atoms with E-state index in [0.29, 0.717) is 5.92 Å². The molecule has 0 amide bonds. The molecule has 22 heavy (non-hydrogen) atoms. The number of aryl methyl sites for hydroxylation is 1. The Bertz CT molecular complexity index is 652. The van der Waals surface area contributed by atoms with Gasteiger partial charge >= 0.3 is 0 Å². The molecule has 0 N–H and O–H groups in total.